The second kappa shape index (κ2) is 6.70. The third-order valence-corrected chi connectivity index (χ3v) is 5.46. The summed E-state index contributed by atoms with van der Waals surface area (Å²) in [5, 5.41) is 0. The SMILES string of the molecule is CO[C@@H]1CN(C(=O)c2cc[nH]c(=O)c2)C[C@]12C[C@@H](c1ccccc1)CO2. The first-order valence-corrected chi connectivity index (χ1v) is 8.81. The molecule has 26 heavy (non-hydrogen) atoms. The highest BCUT2D eigenvalue weighted by atomic mass is 16.6. The van der Waals surface area contributed by atoms with Crippen LogP contribution in [0.4, 0.5) is 0 Å². The molecule has 0 radical (unpaired) electrons. The van der Waals surface area contributed by atoms with Gasteiger partial charge in [-0.25, -0.2) is 0 Å². The number of rotatable bonds is 3. The molecule has 1 spiro atoms. The standard InChI is InChI=1S/C20H22N2O4/c1-25-17-11-22(19(24)15-7-8-21-18(23)9-15)13-20(17)10-16(12-26-20)14-5-3-2-4-6-14/h2-9,16-17H,10-13H2,1H3,(H,21,23)/t16-,17-,20-/m1/s1. The molecule has 2 aromatic rings. The summed E-state index contributed by atoms with van der Waals surface area (Å²) in [4.78, 5) is 28.6. The van der Waals surface area contributed by atoms with Gasteiger partial charge in [0.1, 0.15) is 11.7 Å². The highest BCUT2D eigenvalue weighted by Crippen LogP contribution is 2.43. The van der Waals surface area contributed by atoms with Crippen LogP contribution >= 0.6 is 0 Å². The Hall–Kier alpha value is -2.44. The highest BCUT2D eigenvalue weighted by molar-refractivity contribution is 5.94. The van der Waals surface area contributed by atoms with E-state index in [1.165, 1.54) is 17.8 Å². The van der Waals surface area contributed by atoms with Crippen molar-refractivity contribution in [3.05, 3.63) is 70.1 Å². The van der Waals surface area contributed by atoms with Gasteiger partial charge >= 0.3 is 0 Å². The third kappa shape index (κ3) is 2.95. The van der Waals surface area contributed by atoms with E-state index < -0.39 is 5.60 Å². The van der Waals surface area contributed by atoms with Crippen molar-refractivity contribution < 1.29 is 14.3 Å². The van der Waals surface area contributed by atoms with Gasteiger partial charge in [-0.1, -0.05) is 30.3 Å². The Kier molecular flexibility index (Phi) is 4.38. The fourth-order valence-corrected chi connectivity index (χ4v) is 4.14. The average molecular weight is 354 g/mol. The van der Waals surface area contributed by atoms with Crippen molar-refractivity contribution in [3.8, 4) is 0 Å². The van der Waals surface area contributed by atoms with Gasteiger partial charge in [-0.3, -0.25) is 9.59 Å². The van der Waals surface area contributed by atoms with Crippen LogP contribution in [0.2, 0.25) is 0 Å². The van der Waals surface area contributed by atoms with Gasteiger partial charge < -0.3 is 19.4 Å². The second-order valence-electron chi connectivity index (χ2n) is 7.04. The van der Waals surface area contributed by atoms with Crippen molar-refractivity contribution >= 4 is 5.91 Å². The minimum Gasteiger partial charge on any atom is -0.377 e. The van der Waals surface area contributed by atoms with Crippen molar-refractivity contribution in [2.24, 2.45) is 0 Å². The van der Waals surface area contributed by atoms with Gasteiger partial charge in [-0.15, -0.1) is 0 Å². The summed E-state index contributed by atoms with van der Waals surface area (Å²) < 4.78 is 11.9. The second-order valence-corrected chi connectivity index (χ2v) is 7.04. The van der Waals surface area contributed by atoms with E-state index in [-0.39, 0.29) is 17.6 Å². The Balaban J connectivity index is 1.55. The lowest BCUT2D eigenvalue weighted by molar-refractivity contribution is -0.0755. The number of aromatic amines is 1. The quantitative estimate of drug-likeness (QED) is 0.912. The zero-order valence-corrected chi connectivity index (χ0v) is 14.7. The van der Waals surface area contributed by atoms with Crippen LogP contribution < -0.4 is 5.56 Å². The number of likely N-dealkylation sites (tertiary alicyclic amines) is 1. The maximum absolute atomic E-state index is 12.8. The maximum Gasteiger partial charge on any atom is 0.254 e. The Bertz CT molecular complexity index is 850. The van der Waals surface area contributed by atoms with Crippen LogP contribution in [0.1, 0.15) is 28.3 Å². The van der Waals surface area contributed by atoms with E-state index in [1.807, 2.05) is 18.2 Å². The molecule has 6 nitrogen and oxygen atoms in total. The van der Waals surface area contributed by atoms with Gasteiger partial charge in [0.25, 0.3) is 5.91 Å². The van der Waals surface area contributed by atoms with Crippen molar-refractivity contribution in [1.29, 1.82) is 0 Å². The van der Waals surface area contributed by atoms with Crippen molar-refractivity contribution in [2.45, 2.75) is 24.0 Å². The zero-order chi connectivity index (χ0) is 18.1. The molecule has 1 aromatic carbocycles. The number of methoxy groups -OCH3 is 1. The summed E-state index contributed by atoms with van der Waals surface area (Å²) in [6.45, 7) is 1.56. The molecule has 3 atom stereocenters. The number of hydrogen-bond acceptors (Lipinski definition) is 4. The summed E-state index contributed by atoms with van der Waals surface area (Å²) in [5.41, 5.74) is 0.859. The largest absolute Gasteiger partial charge is 0.377 e. The van der Waals surface area contributed by atoms with Crippen molar-refractivity contribution in [3.63, 3.8) is 0 Å². The Morgan fingerprint density at radius 2 is 2.12 bits per heavy atom. The number of hydrogen-bond donors (Lipinski definition) is 1. The minimum absolute atomic E-state index is 0.165. The summed E-state index contributed by atoms with van der Waals surface area (Å²) in [6.07, 6.45) is 2.13. The van der Waals surface area contributed by atoms with Gasteiger partial charge in [0.15, 0.2) is 0 Å². The van der Waals surface area contributed by atoms with Gasteiger partial charge in [0.2, 0.25) is 5.56 Å². The topological polar surface area (TPSA) is 71.6 Å². The predicted octanol–water partition coefficient (Wildman–Crippen LogP) is 1.79. The number of amides is 1. The van der Waals surface area contributed by atoms with Crippen LogP contribution in [-0.4, -0.2) is 54.3 Å². The van der Waals surface area contributed by atoms with E-state index in [2.05, 4.69) is 17.1 Å². The lowest BCUT2D eigenvalue weighted by Crippen LogP contribution is -2.42. The normalized spacial score (nSPS) is 28.0. The summed E-state index contributed by atoms with van der Waals surface area (Å²) in [5.74, 6) is 0.130. The molecule has 0 unspecified atom stereocenters. The number of aromatic nitrogens is 1. The molecule has 1 aromatic heterocycles. The van der Waals surface area contributed by atoms with Crippen molar-refractivity contribution in [2.75, 3.05) is 26.8 Å². The first kappa shape index (κ1) is 17.0. The number of nitrogens with one attached hydrogen (secondary N) is 1. The number of nitrogens with zero attached hydrogens (tertiary/aromatic N) is 1. The summed E-state index contributed by atoms with van der Waals surface area (Å²) in [6, 6.07) is 13.3. The first-order chi connectivity index (χ1) is 12.6. The van der Waals surface area contributed by atoms with Crippen LogP contribution in [0.3, 0.4) is 0 Å². The molecule has 0 saturated carbocycles. The number of pyridine rings is 1. The molecule has 3 heterocycles. The van der Waals surface area contributed by atoms with Crippen LogP contribution in [0.25, 0.3) is 0 Å². The lowest BCUT2D eigenvalue weighted by atomic mass is 9.87. The molecule has 1 N–H and O–H groups in total. The Morgan fingerprint density at radius 1 is 1.31 bits per heavy atom. The van der Waals surface area contributed by atoms with E-state index in [9.17, 15) is 9.59 Å². The zero-order valence-electron chi connectivity index (χ0n) is 14.7. The fourth-order valence-electron chi connectivity index (χ4n) is 4.14. The number of ether oxygens (including phenoxy) is 2. The monoisotopic (exact) mass is 354 g/mol. The Morgan fingerprint density at radius 3 is 2.85 bits per heavy atom. The van der Waals surface area contributed by atoms with Gasteiger partial charge in [-0.2, -0.15) is 0 Å². The van der Waals surface area contributed by atoms with Crippen LogP contribution in [0, 0.1) is 0 Å². The third-order valence-electron chi connectivity index (χ3n) is 5.46. The molecule has 136 valence electrons. The van der Waals surface area contributed by atoms with Crippen molar-refractivity contribution in [1.82, 2.24) is 9.88 Å². The molecule has 4 rings (SSSR count). The summed E-state index contributed by atoms with van der Waals surface area (Å²) in [7, 11) is 1.66. The predicted molar refractivity (Wildman–Crippen MR) is 96.2 cm³/mol. The average Bonchev–Trinajstić information content (AvgIpc) is 3.26. The molecular weight excluding hydrogens is 332 g/mol. The minimum atomic E-state index is -0.494. The molecule has 2 saturated heterocycles. The highest BCUT2D eigenvalue weighted by Gasteiger charge is 2.54. The van der Waals surface area contributed by atoms with Crippen LogP contribution in [-0.2, 0) is 9.47 Å². The van der Waals surface area contributed by atoms with E-state index in [0.717, 1.165) is 6.42 Å². The van der Waals surface area contributed by atoms with E-state index in [0.29, 0.717) is 31.2 Å². The number of carbonyl (C=O) groups excluding carboxylic acids is 1. The van der Waals surface area contributed by atoms with E-state index in [4.69, 9.17) is 9.47 Å². The van der Waals surface area contributed by atoms with Crippen LogP contribution in [0.15, 0.2) is 53.5 Å². The molecule has 1 amide bonds. The maximum atomic E-state index is 12.8. The molecular formula is C20H22N2O4. The molecule has 2 aliphatic rings. The fraction of sp³-hybridized carbons (Fsp3) is 0.400. The molecule has 0 aliphatic carbocycles. The smallest absolute Gasteiger partial charge is 0.254 e. The first-order valence-electron chi connectivity index (χ1n) is 8.81. The van der Waals surface area contributed by atoms with E-state index in [1.54, 1.807) is 18.1 Å². The van der Waals surface area contributed by atoms with Gasteiger partial charge in [0, 0.05) is 30.9 Å². The van der Waals surface area contributed by atoms with E-state index >= 15 is 0 Å². The summed E-state index contributed by atoms with van der Waals surface area (Å²) >= 11 is 0. The number of H-pyrrole nitrogens is 1. The van der Waals surface area contributed by atoms with Gasteiger partial charge in [-0.05, 0) is 18.1 Å². The van der Waals surface area contributed by atoms with Gasteiger partial charge in [0.05, 0.1) is 19.7 Å². The lowest BCUT2D eigenvalue weighted by Gasteiger charge is -2.28. The molecule has 2 fully saturated rings. The molecule has 0 bridgehead atoms. The van der Waals surface area contributed by atoms with Crippen LogP contribution in [0.5, 0.6) is 0 Å². The number of carbonyl (C=O) groups is 1. The number of benzene rings is 1. The Labute approximate surface area is 151 Å². The molecule has 2 aliphatic heterocycles. The molecule has 6 heteroatoms.